The Labute approximate surface area is 172 Å². The molecule has 6 nitrogen and oxygen atoms in total. The Balaban J connectivity index is 4.55. The average Bonchev–Trinajstić information content (AvgIpc) is 2.57. The van der Waals surface area contributed by atoms with Gasteiger partial charge in [-0.15, -0.1) is 0 Å². The molecule has 28 heavy (non-hydrogen) atoms. The summed E-state index contributed by atoms with van der Waals surface area (Å²) in [7, 11) is 1.84. The lowest BCUT2D eigenvalue weighted by molar-refractivity contribution is -0.133. The van der Waals surface area contributed by atoms with Gasteiger partial charge in [0.2, 0.25) is 0 Å². The van der Waals surface area contributed by atoms with Crippen molar-refractivity contribution in [2.45, 2.75) is 91.4 Å². The molecule has 0 aliphatic carbocycles. The summed E-state index contributed by atoms with van der Waals surface area (Å²) in [5.41, 5.74) is 4.13. The molecule has 0 rings (SSSR count). The van der Waals surface area contributed by atoms with Crippen LogP contribution in [0, 0.1) is 5.92 Å². The van der Waals surface area contributed by atoms with Crippen molar-refractivity contribution in [1.82, 2.24) is 4.90 Å². The van der Waals surface area contributed by atoms with E-state index in [0.717, 1.165) is 6.42 Å². The van der Waals surface area contributed by atoms with Gasteiger partial charge in [0.15, 0.2) is 5.78 Å². The predicted octanol–water partition coefficient (Wildman–Crippen LogP) is 3.21. The van der Waals surface area contributed by atoms with Crippen molar-refractivity contribution in [2.75, 3.05) is 33.4 Å². The Morgan fingerprint density at radius 1 is 0.929 bits per heavy atom. The normalized spacial score (nSPS) is 13.4. The molecule has 0 bridgehead atoms. The first-order chi connectivity index (χ1) is 12.6. The molecule has 0 saturated heterocycles. The van der Waals surface area contributed by atoms with Crippen molar-refractivity contribution >= 4 is 11.6 Å². The first-order valence-electron chi connectivity index (χ1n) is 10.4. The van der Waals surface area contributed by atoms with E-state index in [1.165, 1.54) is 0 Å². The van der Waals surface area contributed by atoms with E-state index in [4.69, 9.17) is 15.2 Å². The topological polar surface area (TPSA) is 81.9 Å². The number of carbonyl (C=O) groups excluding carboxylic acids is 2. The van der Waals surface area contributed by atoms with E-state index < -0.39 is 11.1 Å². The summed E-state index contributed by atoms with van der Waals surface area (Å²) in [6.07, 6.45) is 1.80. The summed E-state index contributed by atoms with van der Waals surface area (Å²) in [6.45, 7) is 17.5. The number of Topliss-reactive ketones (excluding diaryl/α,β-unsaturated/α-hetero) is 2. The average molecular weight is 401 g/mol. The third-order valence-corrected chi connectivity index (χ3v) is 5.44. The molecule has 0 atom stereocenters. The molecule has 166 valence electrons. The second-order valence-electron chi connectivity index (χ2n) is 9.71. The third kappa shape index (κ3) is 10.1. The van der Waals surface area contributed by atoms with Gasteiger partial charge in [0.1, 0.15) is 5.78 Å². The summed E-state index contributed by atoms with van der Waals surface area (Å²) < 4.78 is 11.8. The van der Waals surface area contributed by atoms with Gasteiger partial charge in [-0.05, 0) is 61.4 Å². The minimum atomic E-state index is -0.682. The van der Waals surface area contributed by atoms with Gasteiger partial charge in [-0.2, -0.15) is 0 Å². The number of hydrogen-bond acceptors (Lipinski definition) is 6. The fraction of sp³-hybridized carbons (Fsp3) is 0.909. The van der Waals surface area contributed by atoms with Crippen molar-refractivity contribution < 1.29 is 19.1 Å². The maximum absolute atomic E-state index is 12.8. The molecule has 0 aliphatic rings. The summed E-state index contributed by atoms with van der Waals surface area (Å²) in [6, 6.07) is 0. The quantitative estimate of drug-likeness (QED) is 0.454. The van der Waals surface area contributed by atoms with Crippen molar-refractivity contribution in [2.24, 2.45) is 11.7 Å². The number of hydrogen-bond donors (Lipinski definition) is 1. The van der Waals surface area contributed by atoms with E-state index in [2.05, 4.69) is 0 Å². The standard InChI is InChI=1S/C22H44N2O4/c1-17(2)18(25)16-24(9)22(7,8)19(26)10-11-20(3,4)27-14-12-21(5,6)28-15-13-23/h17H,10-16,23H2,1-9H3. The zero-order valence-corrected chi connectivity index (χ0v) is 19.7. The van der Waals surface area contributed by atoms with Crippen LogP contribution >= 0.6 is 0 Å². The lowest BCUT2D eigenvalue weighted by Gasteiger charge is -2.35. The maximum atomic E-state index is 12.8. The van der Waals surface area contributed by atoms with Crippen molar-refractivity contribution in [3.05, 3.63) is 0 Å². The minimum Gasteiger partial charge on any atom is -0.375 e. The van der Waals surface area contributed by atoms with Gasteiger partial charge in [0, 0.05) is 18.9 Å². The van der Waals surface area contributed by atoms with Gasteiger partial charge in [0.05, 0.1) is 36.5 Å². The van der Waals surface area contributed by atoms with Gasteiger partial charge in [0.25, 0.3) is 0 Å². The van der Waals surface area contributed by atoms with E-state index >= 15 is 0 Å². The van der Waals surface area contributed by atoms with Crippen LogP contribution in [0.15, 0.2) is 0 Å². The van der Waals surface area contributed by atoms with Crippen LogP contribution in [0.5, 0.6) is 0 Å². The van der Waals surface area contributed by atoms with Gasteiger partial charge in [-0.25, -0.2) is 0 Å². The fourth-order valence-corrected chi connectivity index (χ4v) is 2.60. The van der Waals surface area contributed by atoms with Crippen LogP contribution in [0.3, 0.4) is 0 Å². The Hall–Kier alpha value is -0.820. The molecular formula is C22H44N2O4. The summed E-state index contributed by atoms with van der Waals surface area (Å²) in [5.74, 6) is 0.236. The van der Waals surface area contributed by atoms with Gasteiger partial charge in [-0.1, -0.05) is 13.8 Å². The van der Waals surface area contributed by atoms with Crippen LogP contribution in [-0.2, 0) is 19.1 Å². The Bertz CT molecular complexity index is 499. The van der Waals surface area contributed by atoms with Gasteiger partial charge < -0.3 is 15.2 Å². The van der Waals surface area contributed by atoms with E-state index in [-0.39, 0.29) is 29.6 Å². The Morgan fingerprint density at radius 2 is 1.43 bits per heavy atom. The first-order valence-corrected chi connectivity index (χ1v) is 10.4. The molecule has 0 fully saturated rings. The molecule has 0 heterocycles. The van der Waals surface area contributed by atoms with Crippen LogP contribution in [0.25, 0.3) is 0 Å². The van der Waals surface area contributed by atoms with E-state index in [1.807, 2.05) is 67.3 Å². The highest BCUT2D eigenvalue weighted by Gasteiger charge is 2.34. The molecule has 0 aromatic rings. The van der Waals surface area contributed by atoms with Crippen LogP contribution in [0.4, 0.5) is 0 Å². The molecule has 2 N–H and O–H groups in total. The van der Waals surface area contributed by atoms with Gasteiger partial charge >= 0.3 is 0 Å². The highest BCUT2D eigenvalue weighted by atomic mass is 16.5. The van der Waals surface area contributed by atoms with E-state index in [1.54, 1.807) is 0 Å². The number of nitrogens with two attached hydrogens (primary N) is 1. The van der Waals surface area contributed by atoms with Crippen molar-refractivity contribution in [3.63, 3.8) is 0 Å². The van der Waals surface area contributed by atoms with Crippen molar-refractivity contribution in [3.8, 4) is 0 Å². The number of nitrogens with zero attached hydrogens (tertiary/aromatic N) is 1. The molecule has 0 unspecified atom stereocenters. The van der Waals surface area contributed by atoms with Crippen LogP contribution in [0.2, 0.25) is 0 Å². The van der Waals surface area contributed by atoms with E-state index in [9.17, 15) is 9.59 Å². The Kier molecular flexibility index (Phi) is 11.1. The molecule has 0 aromatic heterocycles. The molecular weight excluding hydrogens is 356 g/mol. The van der Waals surface area contributed by atoms with E-state index in [0.29, 0.717) is 32.6 Å². The zero-order valence-electron chi connectivity index (χ0n) is 19.7. The number of ether oxygens (including phenoxy) is 2. The summed E-state index contributed by atoms with van der Waals surface area (Å²) >= 11 is 0. The second-order valence-corrected chi connectivity index (χ2v) is 9.71. The monoisotopic (exact) mass is 400 g/mol. The summed E-state index contributed by atoms with van der Waals surface area (Å²) in [4.78, 5) is 26.7. The molecule has 0 spiro atoms. The van der Waals surface area contributed by atoms with Gasteiger partial charge in [-0.3, -0.25) is 14.5 Å². The molecule has 0 aromatic carbocycles. The first kappa shape index (κ1) is 27.2. The third-order valence-electron chi connectivity index (χ3n) is 5.44. The lowest BCUT2D eigenvalue weighted by atomic mass is 9.89. The molecule has 0 aliphatic heterocycles. The Morgan fingerprint density at radius 3 is 1.93 bits per heavy atom. The van der Waals surface area contributed by atoms with Crippen LogP contribution < -0.4 is 5.73 Å². The number of ketones is 2. The second kappa shape index (κ2) is 11.4. The molecule has 0 radical (unpaired) electrons. The predicted molar refractivity (Wildman–Crippen MR) is 115 cm³/mol. The number of likely N-dealkylation sites (N-methyl/N-ethyl adjacent to an activating group) is 1. The smallest absolute Gasteiger partial charge is 0.152 e. The molecule has 6 heteroatoms. The molecule has 0 amide bonds. The highest BCUT2D eigenvalue weighted by Crippen LogP contribution is 2.24. The van der Waals surface area contributed by atoms with Crippen LogP contribution in [0.1, 0.15) is 74.7 Å². The summed E-state index contributed by atoms with van der Waals surface area (Å²) in [5, 5.41) is 0. The SMILES string of the molecule is CC(C)C(=O)CN(C)C(C)(C)C(=O)CCC(C)(C)OCCC(C)(C)OCCN. The minimum absolute atomic E-state index is 0.0289. The lowest BCUT2D eigenvalue weighted by Crippen LogP contribution is -2.50. The highest BCUT2D eigenvalue weighted by molar-refractivity contribution is 5.89. The molecule has 0 saturated carbocycles. The largest absolute Gasteiger partial charge is 0.375 e. The fourth-order valence-electron chi connectivity index (χ4n) is 2.60. The number of carbonyl (C=O) groups is 2. The van der Waals surface area contributed by atoms with Crippen molar-refractivity contribution in [1.29, 1.82) is 0 Å². The van der Waals surface area contributed by atoms with Crippen LogP contribution in [-0.4, -0.2) is 66.6 Å². The maximum Gasteiger partial charge on any atom is 0.152 e. The number of rotatable bonds is 15. The zero-order chi connectivity index (χ0) is 22.2.